The van der Waals surface area contributed by atoms with Crippen LogP contribution in [0.4, 0.5) is 0 Å². The third-order valence-electron chi connectivity index (χ3n) is 4.44. The van der Waals surface area contributed by atoms with Crippen LogP contribution < -0.4 is 14.8 Å². The molecule has 1 atom stereocenters. The van der Waals surface area contributed by atoms with E-state index in [1.807, 2.05) is 39.0 Å². The van der Waals surface area contributed by atoms with Gasteiger partial charge in [0.05, 0.1) is 6.54 Å². The van der Waals surface area contributed by atoms with Gasteiger partial charge in [-0.25, -0.2) is 0 Å². The number of benzene rings is 2. The molecule has 0 fully saturated rings. The van der Waals surface area contributed by atoms with Gasteiger partial charge in [0.25, 0.3) is 5.91 Å². The van der Waals surface area contributed by atoms with Gasteiger partial charge < -0.3 is 14.8 Å². The highest BCUT2D eigenvalue weighted by molar-refractivity contribution is 5.80. The zero-order chi connectivity index (χ0) is 19.1. The monoisotopic (exact) mass is 355 g/mol. The average molecular weight is 355 g/mol. The summed E-state index contributed by atoms with van der Waals surface area (Å²) in [6.45, 7) is 10.8. The highest BCUT2D eigenvalue weighted by Gasteiger charge is 2.16. The molecule has 2 aromatic carbocycles. The molecule has 4 heteroatoms. The summed E-state index contributed by atoms with van der Waals surface area (Å²) in [6.07, 6.45) is 0.451. The second-order valence-corrected chi connectivity index (χ2v) is 6.60. The molecule has 1 amide bonds. The second-order valence-electron chi connectivity index (χ2n) is 6.60. The van der Waals surface area contributed by atoms with Crippen LogP contribution in [0.3, 0.4) is 0 Å². The lowest BCUT2D eigenvalue weighted by atomic mass is 10.1. The smallest absolute Gasteiger partial charge is 0.260 e. The van der Waals surface area contributed by atoms with Crippen molar-refractivity contribution in [2.75, 3.05) is 13.2 Å². The summed E-state index contributed by atoms with van der Waals surface area (Å²) >= 11 is 0. The van der Waals surface area contributed by atoms with Gasteiger partial charge in [-0.2, -0.15) is 0 Å². The molecule has 0 bridgehead atoms. The number of nitrogens with one attached hydrogen (secondary N) is 1. The van der Waals surface area contributed by atoms with Gasteiger partial charge in [0.15, 0.2) is 6.10 Å². The van der Waals surface area contributed by atoms with E-state index >= 15 is 0 Å². The van der Waals surface area contributed by atoms with Gasteiger partial charge in [-0.05, 0) is 74.6 Å². The lowest BCUT2D eigenvalue weighted by Gasteiger charge is -2.18. The summed E-state index contributed by atoms with van der Waals surface area (Å²) in [4.78, 5) is 12.2. The van der Waals surface area contributed by atoms with Crippen molar-refractivity contribution in [3.8, 4) is 11.5 Å². The maximum Gasteiger partial charge on any atom is 0.260 e. The molecule has 0 aliphatic heterocycles. The van der Waals surface area contributed by atoms with Crippen LogP contribution in [-0.2, 0) is 11.2 Å². The summed E-state index contributed by atoms with van der Waals surface area (Å²) in [5.41, 5.74) is 4.63. The molecule has 2 rings (SSSR count). The van der Waals surface area contributed by atoms with E-state index in [2.05, 4.69) is 30.4 Å². The molecule has 0 aromatic heterocycles. The Labute approximate surface area is 156 Å². The lowest BCUT2D eigenvalue weighted by molar-refractivity contribution is -0.127. The fourth-order valence-corrected chi connectivity index (χ4v) is 2.68. The van der Waals surface area contributed by atoms with Gasteiger partial charge in [-0.15, -0.1) is 0 Å². The van der Waals surface area contributed by atoms with Crippen LogP contribution in [0.1, 0.15) is 36.1 Å². The van der Waals surface area contributed by atoms with E-state index < -0.39 is 6.10 Å². The van der Waals surface area contributed by atoms with Gasteiger partial charge in [-0.1, -0.05) is 25.1 Å². The van der Waals surface area contributed by atoms with Gasteiger partial charge >= 0.3 is 0 Å². The van der Waals surface area contributed by atoms with E-state index in [0.29, 0.717) is 13.2 Å². The molecule has 0 heterocycles. The van der Waals surface area contributed by atoms with E-state index in [-0.39, 0.29) is 5.91 Å². The third kappa shape index (κ3) is 5.51. The first-order valence-electron chi connectivity index (χ1n) is 9.14. The Morgan fingerprint density at radius 2 is 1.81 bits per heavy atom. The van der Waals surface area contributed by atoms with Crippen molar-refractivity contribution in [2.24, 2.45) is 0 Å². The normalized spacial score (nSPS) is 11.7. The molecule has 0 radical (unpaired) electrons. The number of carbonyl (C=O) groups is 1. The quantitative estimate of drug-likeness (QED) is 0.724. The van der Waals surface area contributed by atoms with Gasteiger partial charge in [0, 0.05) is 0 Å². The SMILES string of the molecule is CCc1ccc(OCCNC(=O)[C@H](C)Oc2cc(C)cc(C)c2C)cc1. The number of rotatable bonds is 8. The molecule has 2 aromatic rings. The molecule has 0 spiro atoms. The molecule has 26 heavy (non-hydrogen) atoms. The van der Waals surface area contributed by atoms with Gasteiger partial charge in [0.1, 0.15) is 18.1 Å². The Hall–Kier alpha value is -2.49. The molecule has 0 saturated carbocycles. The van der Waals surface area contributed by atoms with Crippen LogP contribution in [-0.4, -0.2) is 25.2 Å². The van der Waals surface area contributed by atoms with Crippen LogP contribution in [0, 0.1) is 20.8 Å². The minimum absolute atomic E-state index is 0.145. The van der Waals surface area contributed by atoms with Crippen molar-refractivity contribution in [1.82, 2.24) is 5.32 Å². The lowest BCUT2D eigenvalue weighted by Crippen LogP contribution is -2.38. The van der Waals surface area contributed by atoms with Crippen LogP contribution in [0.5, 0.6) is 11.5 Å². The topological polar surface area (TPSA) is 47.6 Å². The van der Waals surface area contributed by atoms with Crippen LogP contribution in [0.15, 0.2) is 36.4 Å². The first kappa shape index (κ1) is 19.8. The standard InChI is InChI=1S/C22H29NO3/c1-6-19-7-9-20(10-8-19)25-12-11-23-22(24)18(5)26-21-14-15(2)13-16(3)17(21)4/h7-10,13-14,18H,6,11-12H2,1-5H3,(H,23,24)/t18-/m0/s1. The van der Waals surface area contributed by atoms with Gasteiger partial charge in [0.2, 0.25) is 0 Å². The number of ether oxygens (including phenoxy) is 2. The first-order chi connectivity index (χ1) is 12.4. The van der Waals surface area contributed by atoms with E-state index in [1.54, 1.807) is 6.92 Å². The Bertz CT molecular complexity index is 738. The third-order valence-corrected chi connectivity index (χ3v) is 4.44. The predicted molar refractivity (Wildman–Crippen MR) is 105 cm³/mol. The molecular weight excluding hydrogens is 326 g/mol. The van der Waals surface area contributed by atoms with Crippen LogP contribution in [0.2, 0.25) is 0 Å². The van der Waals surface area contributed by atoms with E-state index in [1.165, 1.54) is 5.56 Å². The molecule has 0 saturated heterocycles. The molecule has 0 aliphatic rings. The summed E-state index contributed by atoms with van der Waals surface area (Å²) in [5.74, 6) is 1.43. The van der Waals surface area contributed by atoms with Crippen molar-refractivity contribution in [3.63, 3.8) is 0 Å². The zero-order valence-corrected chi connectivity index (χ0v) is 16.4. The largest absolute Gasteiger partial charge is 0.492 e. The molecule has 140 valence electrons. The average Bonchev–Trinajstić information content (AvgIpc) is 2.63. The second kappa shape index (κ2) is 9.27. The molecule has 0 aliphatic carbocycles. The highest BCUT2D eigenvalue weighted by Crippen LogP contribution is 2.24. The van der Waals surface area contributed by atoms with Crippen LogP contribution in [0.25, 0.3) is 0 Å². The molecule has 1 N–H and O–H groups in total. The predicted octanol–water partition coefficient (Wildman–Crippen LogP) is 4.14. The zero-order valence-electron chi connectivity index (χ0n) is 16.4. The molecular formula is C22H29NO3. The molecule has 4 nitrogen and oxygen atoms in total. The van der Waals surface area contributed by atoms with Gasteiger partial charge in [-0.3, -0.25) is 4.79 Å². The Morgan fingerprint density at radius 1 is 1.12 bits per heavy atom. The Balaban J connectivity index is 1.78. The van der Waals surface area contributed by atoms with Crippen molar-refractivity contribution in [1.29, 1.82) is 0 Å². The molecule has 0 unspecified atom stereocenters. The number of hydrogen-bond acceptors (Lipinski definition) is 3. The minimum atomic E-state index is -0.557. The minimum Gasteiger partial charge on any atom is -0.492 e. The number of aryl methyl sites for hydroxylation is 3. The van der Waals surface area contributed by atoms with Crippen molar-refractivity contribution in [3.05, 3.63) is 58.7 Å². The van der Waals surface area contributed by atoms with Crippen molar-refractivity contribution < 1.29 is 14.3 Å². The van der Waals surface area contributed by atoms with E-state index in [0.717, 1.165) is 34.6 Å². The van der Waals surface area contributed by atoms with E-state index in [4.69, 9.17) is 9.47 Å². The summed E-state index contributed by atoms with van der Waals surface area (Å²) in [7, 11) is 0. The number of carbonyl (C=O) groups excluding carboxylic acids is 1. The number of hydrogen-bond donors (Lipinski definition) is 1. The maximum atomic E-state index is 12.2. The van der Waals surface area contributed by atoms with Crippen LogP contribution >= 0.6 is 0 Å². The van der Waals surface area contributed by atoms with Crippen molar-refractivity contribution in [2.45, 2.75) is 47.1 Å². The summed E-state index contributed by atoms with van der Waals surface area (Å²) in [6, 6.07) is 12.1. The fourth-order valence-electron chi connectivity index (χ4n) is 2.68. The Kier molecular flexibility index (Phi) is 7.07. The summed E-state index contributed by atoms with van der Waals surface area (Å²) < 4.78 is 11.5. The van der Waals surface area contributed by atoms with Crippen molar-refractivity contribution >= 4 is 5.91 Å². The maximum absolute atomic E-state index is 12.2. The fraction of sp³-hybridized carbons (Fsp3) is 0.409. The summed E-state index contributed by atoms with van der Waals surface area (Å²) in [5, 5.41) is 2.86. The Morgan fingerprint density at radius 3 is 2.46 bits per heavy atom. The van der Waals surface area contributed by atoms with E-state index in [9.17, 15) is 4.79 Å². The first-order valence-corrected chi connectivity index (χ1v) is 9.14. The number of amides is 1. The highest BCUT2D eigenvalue weighted by atomic mass is 16.5.